The molecule has 0 aromatic heterocycles. The van der Waals surface area contributed by atoms with Crippen molar-refractivity contribution < 1.29 is 19.0 Å². The number of ether oxygens (including phenoxy) is 3. The molecule has 122 valence electrons. The van der Waals surface area contributed by atoms with E-state index < -0.39 is 0 Å². The van der Waals surface area contributed by atoms with Gasteiger partial charge in [-0.1, -0.05) is 12.8 Å². The molecule has 1 amide bonds. The number of hydrogen-bond donors (Lipinski definition) is 1. The van der Waals surface area contributed by atoms with E-state index in [1.54, 1.807) is 21.3 Å². The molecule has 1 aliphatic rings. The van der Waals surface area contributed by atoms with Gasteiger partial charge in [-0.15, -0.1) is 0 Å². The first-order valence-corrected chi connectivity index (χ1v) is 7.76. The van der Waals surface area contributed by atoms with Crippen molar-refractivity contribution in [3.05, 3.63) is 17.7 Å². The summed E-state index contributed by atoms with van der Waals surface area (Å²) in [6.45, 7) is 0. The number of carbonyl (C=O) groups is 1. The Kier molecular flexibility index (Phi) is 5.92. The Balaban J connectivity index is 1.98. The van der Waals surface area contributed by atoms with Crippen LogP contribution < -0.4 is 19.5 Å². The van der Waals surface area contributed by atoms with Crippen LogP contribution in [0.1, 0.15) is 37.7 Å². The number of rotatable bonds is 7. The summed E-state index contributed by atoms with van der Waals surface area (Å²) in [5.41, 5.74) is 0.996. The molecule has 1 N–H and O–H groups in total. The molecule has 1 aromatic carbocycles. The Morgan fingerprint density at radius 1 is 1.09 bits per heavy atom. The number of amides is 1. The fourth-order valence-corrected chi connectivity index (χ4v) is 2.91. The van der Waals surface area contributed by atoms with Gasteiger partial charge in [0.2, 0.25) is 11.7 Å². The summed E-state index contributed by atoms with van der Waals surface area (Å²) in [7, 11) is 4.76. The van der Waals surface area contributed by atoms with Gasteiger partial charge in [-0.2, -0.15) is 0 Å². The van der Waals surface area contributed by atoms with Crippen LogP contribution in [0.25, 0.3) is 0 Å². The van der Waals surface area contributed by atoms with Crippen LogP contribution in [0.4, 0.5) is 0 Å². The van der Waals surface area contributed by atoms with E-state index in [1.807, 2.05) is 12.1 Å². The van der Waals surface area contributed by atoms with Gasteiger partial charge in [-0.05, 0) is 37.0 Å². The minimum absolute atomic E-state index is 0.112. The summed E-state index contributed by atoms with van der Waals surface area (Å²) in [5.74, 6) is 1.92. The van der Waals surface area contributed by atoms with Gasteiger partial charge in [0.05, 0.1) is 21.3 Å². The smallest absolute Gasteiger partial charge is 0.220 e. The Morgan fingerprint density at radius 3 is 2.18 bits per heavy atom. The van der Waals surface area contributed by atoms with Crippen molar-refractivity contribution in [3.8, 4) is 17.2 Å². The molecule has 5 heteroatoms. The first kappa shape index (κ1) is 16.5. The van der Waals surface area contributed by atoms with E-state index in [1.165, 1.54) is 12.8 Å². The largest absolute Gasteiger partial charge is 0.493 e. The maximum atomic E-state index is 12.0. The van der Waals surface area contributed by atoms with Crippen molar-refractivity contribution in [1.29, 1.82) is 0 Å². The molecule has 1 saturated carbocycles. The Bertz CT molecular complexity index is 484. The fraction of sp³-hybridized carbons (Fsp3) is 0.588. The summed E-state index contributed by atoms with van der Waals surface area (Å²) in [6, 6.07) is 4.15. The van der Waals surface area contributed by atoms with E-state index in [0.29, 0.717) is 36.1 Å². The van der Waals surface area contributed by atoms with Gasteiger partial charge in [0.25, 0.3) is 0 Å². The molecule has 0 heterocycles. The van der Waals surface area contributed by atoms with Crippen LogP contribution in [0.5, 0.6) is 17.2 Å². The highest BCUT2D eigenvalue weighted by Gasteiger charge is 2.18. The molecule has 0 saturated heterocycles. The Labute approximate surface area is 131 Å². The zero-order valence-corrected chi connectivity index (χ0v) is 13.6. The third kappa shape index (κ3) is 4.06. The standard InChI is InChI=1S/C17H25NO4/c1-20-14-10-12(11-15(21-2)17(14)22-3)8-9-16(19)18-13-6-4-5-7-13/h10-11,13H,4-9H2,1-3H3,(H,18,19). The normalized spacial score (nSPS) is 14.7. The van der Waals surface area contributed by atoms with Crippen molar-refractivity contribution in [2.75, 3.05) is 21.3 Å². The minimum Gasteiger partial charge on any atom is -0.493 e. The van der Waals surface area contributed by atoms with Crippen LogP contribution in [0.15, 0.2) is 12.1 Å². The van der Waals surface area contributed by atoms with Gasteiger partial charge in [0.1, 0.15) is 0 Å². The van der Waals surface area contributed by atoms with Crippen molar-refractivity contribution in [1.82, 2.24) is 5.32 Å². The van der Waals surface area contributed by atoms with E-state index in [-0.39, 0.29) is 5.91 Å². The summed E-state index contributed by atoms with van der Waals surface area (Å²) >= 11 is 0. The first-order valence-electron chi connectivity index (χ1n) is 7.76. The third-order valence-electron chi connectivity index (χ3n) is 4.09. The van der Waals surface area contributed by atoms with Gasteiger partial charge in [0, 0.05) is 12.5 Å². The van der Waals surface area contributed by atoms with E-state index in [9.17, 15) is 4.79 Å². The summed E-state index contributed by atoms with van der Waals surface area (Å²) in [5, 5.41) is 3.10. The highest BCUT2D eigenvalue weighted by Crippen LogP contribution is 2.38. The highest BCUT2D eigenvalue weighted by atomic mass is 16.5. The molecule has 2 rings (SSSR count). The first-order chi connectivity index (χ1) is 10.7. The second-order valence-corrected chi connectivity index (χ2v) is 5.58. The van der Waals surface area contributed by atoms with Gasteiger partial charge < -0.3 is 19.5 Å². The second kappa shape index (κ2) is 7.92. The molecule has 22 heavy (non-hydrogen) atoms. The maximum absolute atomic E-state index is 12.0. The lowest BCUT2D eigenvalue weighted by Crippen LogP contribution is -2.32. The number of methoxy groups -OCH3 is 3. The summed E-state index contributed by atoms with van der Waals surface area (Å²) < 4.78 is 16.0. The van der Waals surface area contributed by atoms with Crippen LogP contribution in [0, 0.1) is 0 Å². The van der Waals surface area contributed by atoms with E-state index in [2.05, 4.69) is 5.32 Å². The molecular weight excluding hydrogens is 282 g/mol. The molecule has 1 aromatic rings. The van der Waals surface area contributed by atoms with Crippen molar-refractivity contribution >= 4 is 5.91 Å². The van der Waals surface area contributed by atoms with Gasteiger partial charge >= 0.3 is 0 Å². The number of benzene rings is 1. The number of carbonyl (C=O) groups excluding carboxylic acids is 1. The molecule has 1 fully saturated rings. The zero-order valence-electron chi connectivity index (χ0n) is 13.6. The van der Waals surface area contributed by atoms with Crippen LogP contribution in [-0.4, -0.2) is 33.3 Å². The average molecular weight is 307 g/mol. The topological polar surface area (TPSA) is 56.8 Å². The quantitative estimate of drug-likeness (QED) is 0.841. The van der Waals surface area contributed by atoms with Gasteiger partial charge in [0.15, 0.2) is 11.5 Å². The summed E-state index contributed by atoms with van der Waals surface area (Å²) in [6.07, 6.45) is 5.77. The highest BCUT2D eigenvalue weighted by molar-refractivity contribution is 5.76. The Hall–Kier alpha value is -1.91. The van der Waals surface area contributed by atoms with E-state index in [4.69, 9.17) is 14.2 Å². The van der Waals surface area contributed by atoms with Crippen LogP contribution >= 0.6 is 0 Å². The average Bonchev–Trinajstić information content (AvgIpc) is 3.04. The lowest BCUT2D eigenvalue weighted by molar-refractivity contribution is -0.121. The molecule has 0 radical (unpaired) electrons. The Morgan fingerprint density at radius 2 is 1.68 bits per heavy atom. The fourth-order valence-electron chi connectivity index (χ4n) is 2.91. The monoisotopic (exact) mass is 307 g/mol. The molecule has 5 nitrogen and oxygen atoms in total. The second-order valence-electron chi connectivity index (χ2n) is 5.58. The van der Waals surface area contributed by atoms with E-state index in [0.717, 1.165) is 18.4 Å². The zero-order chi connectivity index (χ0) is 15.9. The predicted molar refractivity (Wildman–Crippen MR) is 84.8 cm³/mol. The molecule has 0 aliphatic heterocycles. The molecule has 0 atom stereocenters. The van der Waals surface area contributed by atoms with Crippen LogP contribution in [0.2, 0.25) is 0 Å². The molecule has 0 unspecified atom stereocenters. The summed E-state index contributed by atoms with van der Waals surface area (Å²) in [4.78, 5) is 12.0. The lowest BCUT2D eigenvalue weighted by Gasteiger charge is -2.15. The van der Waals surface area contributed by atoms with Crippen molar-refractivity contribution in [2.24, 2.45) is 0 Å². The lowest BCUT2D eigenvalue weighted by atomic mass is 10.1. The van der Waals surface area contributed by atoms with Crippen molar-refractivity contribution in [2.45, 2.75) is 44.6 Å². The molecule has 0 bridgehead atoms. The minimum atomic E-state index is 0.112. The molecule has 0 spiro atoms. The predicted octanol–water partition coefficient (Wildman–Crippen LogP) is 2.70. The van der Waals surface area contributed by atoms with Gasteiger partial charge in [-0.25, -0.2) is 0 Å². The van der Waals surface area contributed by atoms with Crippen LogP contribution in [-0.2, 0) is 11.2 Å². The van der Waals surface area contributed by atoms with Crippen LogP contribution in [0.3, 0.4) is 0 Å². The third-order valence-corrected chi connectivity index (χ3v) is 4.09. The van der Waals surface area contributed by atoms with E-state index >= 15 is 0 Å². The number of aryl methyl sites for hydroxylation is 1. The molecular formula is C17H25NO4. The number of hydrogen-bond acceptors (Lipinski definition) is 4. The molecule has 1 aliphatic carbocycles. The SMILES string of the molecule is COc1cc(CCC(=O)NC2CCCC2)cc(OC)c1OC. The maximum Gasteiger partial charge on any atom is 0.220 e. The number of nitrogens with one attached hydrogen (secondary N) is 1. The van der Waals surface area contributed by atoms with Gasteiger partial charge in [-0.3, -0.25) is 4.79 Å². The van der Waals surface area contributed by atoms with Crippen molar-refractivity contribution in [3.63, 3.8) is 0 Å².